The van der Waals surface area contributed by atoms with Gasteiger partial charge in [0.2, 0.25) is 0 Å². The van der Waals surface area contributed by atoms with E-state index in [0.717, 1.165) is 11.6 Å². The number of nitrogens with one attached hydrogen (secondary N) is 1. The Hall–Kier alpha value is -3.98. The highest BCUT2D eigenvalue weighted by atomic mass is 35.5. The van der Waals surface area contributed by atoms with E-state index < -0.39 is 11.9 Å². The van der Waals surface area contributed by atoms with Crippen LogP contribution in [0.25, 0.3) is 22.4 Å². The second-order valence-corrected chi connectivity index (χ2v) is 8.29. The first-order chi connectivity index (χ1) is 17.2. The number of aromatic amines is 1. The quantitative estimate of drug-likeness (QED) is 0.196. The Labute approximate surface area is 210 Å². The Morgan fingerprint density at radius 2 is 1.78 bits per heavy atom. The van der Waals surface area contributed by atoms with Gasteiger partial charge in [-0.05, 0) is 48.4 Å². The number of aliphatic imine (C=N–C) groups is 1. The third-order valence-corrected chi connectivity index (χ3v) is 5.66. The second-order valence-electron chi connectivity index (χ2n) is 7.85. The number of ether oxygens (including phenoxy) is 1. The number of phenols is 1. The molecule has 0 fully saturated rings. The van der Waals surface area contributed by atoms with E-state index in [9.17, 15) is 18.3 Å². The van der Waals surface area contributed by atoms with Gasteiger partial charge in [-0.3, -0.25) is 10.1 Å². The van der Waals surface area contributed by atoms with E-state index in [1.807, 2.05) is 24.2 Å². The smallest absolute Gasteiger partial charge is 0.432 e. The average Bonchev–Trinajstić information content (AvgIpc) is 3.35. The van der Waals surface area contributed by atoms with Crippen molar-refractivity contribution in [3.63, 3.8) is 0 Å². The summed E-state index contributed by atoms with van der Waals surface area (Å²) < 4.78 is 45.3. The highest BCUT2D eigenvalue weighted by molar-refractivity contribution is 6.30. The molecule has 4 rings (SSSR count). The molecule has 0 bridgehead atoms. The molecule has 0 aliphatic carbocycles. The number of nitrogens with two attached hydrogens (primary N) is 1. The number of rotatable bonds is 7. The van der Waals surface area contributed by atoms with Gasteiger partial charge in [0.25, 0.3) is 0 Å². The van der Waals surface area contributed by atoms with E-state index in [4.69, 9.17) is 22.1 Å². The van der Waals surface area contributed by atoms with E-state index in [1.165, 1.54) is 6.07 Å². The lowest BCUT2D eigenvalue weighted by Crippen LogP contribution is -2.13. The van der Waals surface area contributed by atoms with E-state index in [-0.39, 0.29) is 23.6 Å². The highest BCUT2D eigenvalue weighted by Crippen LogP contribution is 2.44. The number of nitrogens with zero attached hydrogens (tertiary/aromatic N) is 2. The Kier molecular flexibility index (Phi) is 7.21. The Bertz CT molecular complexity index is 1380. The molecule has 0 spiro atoms. The summed E-state index contributed by atoms with van der Waals surface area (Å²) >= 11 is 5.95. The Balaban J connectivity index is 1.77. The van der Waals surface area contributed by atoms with Gasteiger partial charge in [-0.2, -0.15) is 18.3 Å². The number of hydrogen-bond acceptors (Lipinski definition) is 4. The number of aromatic hydroxyl groups is 1. The number of halogens is 4. The zero-order chi connectivity index (χ0) is 25.9. The summed E-state index contributed by atoms with van der Waals surface area (Å²) in [6.45, 7) is 2.58. The standard InChI is InChI=1S/C26H22ClF3N4O2/c1-2-32-25(31)17-7-5-16(6-8-17)23-21(36-14-15-3-9-18(27)10-4-15)12-11-19(24(23)35)20-13-22(34-33-20)26(28,29)30/h3-13,35H,2,14H2,1H3,(H2,31,32)(H,33,34). The van der Waals surface area contributed by atoms with Crippen molar-refractivity contribution in [3.05, 3.63) is 88.6 Å². The molecule has 1 aromatic heterocycles. The third kappa shape index (κ3) is 5.46. The van der Waals surface area contributed by atoms with Gasteiger partial charge < -0.3 is 15.6 Å². The van der Waals surface area contributed by atoms with Crippen LogP contribution in [0.1, 0.15) is 23.7 Å². The normalized spacial score (nSPS) is 12.1. The lowest BCUT2D eigenvalue weighted by molar-refractivity contribution is -0.141. The predicted molar refractivity (Wildman–Crippen MR) is 133 cm³/mol. The van der Waals surface area contributed by atoms with Crippen molar-refractivity contribution in [2.45, 2.75) is 19.7 Å². The maximum atomic E-state index is 13.1. The molecule has 0 unspecified atom stereocenters. The predicted octanol–water partition coefficient (Wildman–Crippen LogP) is 6.43. The van der Waals surface area contributed by atoms with Crippen molar-refractivity contribution in [2.75, 3.05) is 6.54 Å². The lowest BCUT2D eigenvalue weighted by atomic mass is 9.97. The lowest BCUT2D eigenvalue weighted by Gasteiger charge is -2.16. The SMILES string of the molecule is CCN=C(N)c1ccc(-c2c(OCc3ccc(Cl)cc3)ccc(-c3cc(C(F)(F)F)[nH]n3)c2O)cc1. The van der Waals surface area contributed by atoms with Gasteiger partial charge in [0, 0.05) is 22.7 Å². The summed E-state index contributed by atoms with van der Waals surface area (Å²) in [6.07, 6.45) is -4.60. The Morgan fingerprint density at radius 3 is 2.39 bits per heavy atom. The van der Waals surface area contributed by atoms with Crippen molar-refractivity contribution in [1.29, 1.82) is 0 Å². The van der Waals surface area contributed by atoms with Crippen LogP contribution in [-0.4, -0.2) is 27.7 Å². The fourth-order valence-electron chi connectivity index (χ4n) is 3.59. The first kappa shape index (κ1) is 25.1. The first-order valence-corrected chi connectivity index (χ1v) is 11.3. The number of aromatic nitrogens is 2. The Morgan fingerprint density at radius 1 is 1.08 bits per heavy atom. The number of benzene rings is 3. The molecule has 0 amide bonds. The van der Waals surface area contributed by atoms with Crippen LogP contribution < -0.4 is 10.5 Å². The van der Waals surface area contributed by atoms with E-state index in [1.54, 1.807) is 42.5 Å². The largest absolute Gasteiger partial charge is 0.506 e. The number of amidine groups is 1. The van der Waals surface area contributed by atoms with Crippen molar-refractivity contribution < 1.29 is 23.0 Å². The van der Waals surface area contributed by atoms with Gasteiger partial charge in [-0.15, -0.1) is 0 Å². The van der Waals surface area contributed by atoms with Gasteiger partial charge in [-0.1, -0.05) is 48.0 Å². The summed E-state index contributed by atoms with van der Waals surface area (Å²) in [5.41, 5.74) is 7.43. The molecule has 0 aliphatic heterocycles. The van der Waals surface area contributed by atoms with Crippen LogP contribution in [0.3, 0.4) is 0 Å². The van der Waals surface area contributed by atoms with E-state index in [0.29, 0.717) is 39.8 Å². The average molecular weight is 515 g/mol. The van der Waals surface area contributed by atoms with Crippen molar-refractivity contribution in [3.8, 4) is 33.9 Å². The third-order valence-electron chi connectivity index (χ3n) is 5.40. The molecule has 10 heteroatoms. The minimum absolute atomic E-state index is 0.0544. The summed E-state index contributed by atoms with van der Waals surface area (Å²) in [4.78, 5) is 4.18. The maximum absolute atomic E-state index is 13.1. The second kappa shape index (κ2) is 10.3. The van der Waals surface area contributed by atoms with Gasteiger partial charge in [-0.25, -0.2) is 0 Å². The molecule has 186 valence electrons. The zero-order valence-electron chi connectivity index (χ0n) is 19.1. The molecule has 0 saturated carbocycles. The minimum atomic E-state index is -4.60. The number of alkyl halides is 3. The monoisotopic (exact) mass is 514 g/mol. The van der Waals surface area contributed by atoms with Crippen molar-refractivity contribution in [2.24, 2.45) is 10.7 Å². The topological polar surface area (TPSA) is 96.5 Å². The molecule has 36 heavy (non-hydrogen) atoms. The molecule has 3 aromatic carbocycles. The van der Waals surface area contributed by atoms with Crippen LogP contribution in [-0.2, 0) is 12.8 Å². The van der Waals surface area contributed by atoms with Crippen LogP contribution in [0.5, 0.6) is 11.5 Å². The van der Waals surface area contributed by atoms with Crippen LogP contribution in [0.4, 0.5) is 13.2 Å². The maximum Gasteiger partial charge on any atom is 0.432 e. The molecule has 4 aromatic rings. The molecule has 6 nitrogen and oxygen atoms in total. The molecule has 0 aliphatic rings. The highest BCUT2D eigenvalue weighted by Gasteiger charge is 2.33. The van der Waals surface area contributed by atoms with Crippen molar-refractivity contribution in [1.82, 2.24) is 10.2 Å². The number of phenolic OH excluding ortho intramolecular Hbond substituents is 1. The molecule has 4 N–H and O–H groups in total. The van der Waals surface area contributed by atoms with Gasteiger partial charge in [0.05, 0.1) is 11.3 Å². The summed E-state index contributed by atoms with van der Waals surface area (Å²) in [6, 6.07) is 17.9. The number of H-pyrrole nitrogens is 1. The molecule has 0 radical (unpaired) electrons. The molecule has 0 saturated heterocycles. The van der Waals surface area contributed by atoms with Gasteiger partial charge >= 0.3 is 6.18 Å². The number of hydrogen-bond donors (Lipinski definition) is 3. The molecule has 0 atom stereocenters. The van der Waals surface area contributed by atoms with E-state index in [2.05, 4.69) is 10.1 Å². The van der Waals surface area contributed by atoms with Crippen molar-refractivity contribution >= 4 is 17.4 Å². The first-order valence-electron chi connectivity index (χ1n) is 10.9. The molecular formula is C26H22ClF3N4O2. The van der Waals surface area contributed by atoms with Crippen LogP contribution in [0.15, 0.2) is 71.7 Å². The minimum Gasteiger partial charge on any atom is -0.506 e. The summed E-state index contributed by atoms with van der Waals surface area (Å²) in [5, 5.41) is 17.5. The fourth-order valence-corrected chi connectivity index (χ4v) is 3.72. The van der Waals surface area contributed by atoms with Gasteiger partial charge in [0.15, 0.2) is 0 Å². The van der Waals surface area contributed by atoms with E-state index >= 15 is 0 Å². The molecule has 1 heterocycles. The van der Waals surface area contributed by atoms with Crippen LogP contribution in [0, 0.1) is 0 Å². The molecular weight excluding hydrogens is 493 g/mol. The van der Waals surface area contributed by atoms with Gasteiger partial charge in [0.1, 0.15) is 29.6 Å². The van der Waals surface area contributed by atoms with Crippen LogP contribution >= 0.6 is 11.6 Å². The van der Waals surface area contributed by atoms with Crippen LogP contribution in [0.2, 0.25) is 5.02 Å². The summed E-state index contributed by atoms with van der Waals surface area (Å²) in [5.74, 6) is 0.435. The summed E-state index contributed by atoms with van der Waals surface area (Å²) in [7, 11) is 0. The zero-order valence-corrected chi connectivity index (χ0v) is 19.9. The fraction of sp³-hybridized carbons (Fsp3) is 0.154.